The lowest BCUT2D eigenvalue weighted by atomic mass is 10.2. The van der Waals surface area contributed by atoms with Gasteiger partial charge in [-0.1, -0.05) is 23.7 Å². The van der Waals surface area contributed by atoms with Crippen LogP contribution in [0.4, 0.5) is 5.69 Å². The van der Waals surface area contributed by atoms with Crippen molar-refractivity contribution in [1.82, 2.24) is 5.32 Å². The summed E-state index contributed by atoms with van der Waals surface area (Å²) in [5.74, 6) is -0.152. The van der Waals surface area contributed by atoms with E-state index in [0.717, 1.165) is 11.1 Å². The quantitative estimate of drug-likeness (QED) is 0.848. The Morgan fingerprint density at radius 1 is 1.50 bits per heavy atom. The Hall–Kier alpha value is -1.52. The number of halogens is 1. The molecule has 18 heavy (non-hydrogen) atoms. The highest BCUT2D eigenvalue weighted by atomic mass is 35.5. The molecule has 0 aliphatic carbocycles. The van der Waals surface area contributed by atoms with Crippen LogP contribution < -0.4 is 11.1 Å². The summed E-state index contributed by atoms with van der Waals surface area (Å²) in [6.45, 7) is 2.32. The van der Waals surface area contributed by atoms with Gasteiger partial charge in [-0.15, -0.1) is 11.3 Å². The Bertz CT molecular complexity index is 580. The zero-order valence-electron chi connectivity index (χ0n) is 9.87. The van der Waals surface area contributed by atoms with Crippen LogP contribution in [-0.4, -0.2) is 5.91 Å². The summed E-state index contributed by atoms with van der Waals surface area (Å²) in [5.41, 5.74) is 8.25. The third-order valence-corrected chi connectivity index (χ3v) is 4.21. The average molecular weight is 281 g/mol. The summed E-state index contributed by atoms with van der Waals surface area (Å²) in [6.07, 6.45) is 0. The lowest BCUT2D eigenvalue weighted by Crippen LogP contribution is -2.22. The lowest BCUT2D eigenvalue weighted by molar-refractivity contribution is 0.0955. The molecular formula is C13H13ClN2OS. The van der Waals surface area contributed by atoms with Crippen LogP contribution >= 0.6 is 22.9 Å². The van der Waals surface area contributed by atoms with E-state index < -0.39 is 0 Å². The number of nitrogens with two attached hydrogens (primary N) is 1. The molecule has 1 aromatic heterocycles. The number of aryl methyl sites for hydroxylation is 1. The van der Waals surface area contributed by atoms with Crippen LogP contribution in [0.1, 0.15) is 20.8 Å². The molecule has 2 rings (SSSR count). The Labute approximate surface area is 115 Å². The van der Waals surface area contributed by atoms with Crippen LogP contribution in [0.25, 0.3) is 0 Å². The number of benzene rings is 1. The number of amides is 1. The van der Waals surface area contributed by atoms with Crippen molar-refractivity contribution in [1.29, 1.82) is 0 Å². The fourth-order valence-electron chi connectivity index (χ4n) is 1.55. The average Bonchev–Trinajstić information content (AvgIpc) is 2.67. The molecule has 5 heteroatoms. The van der Waals surface area contributed by atoms with Gasteiger partial charge in [0.15, 0.2) is 0 Å². The monoisotopic (exact) mass is 280 g/mol. The zero-order chi connectivity index (χ0) is 13.1. The summed E-state index contributed by atoms with van der Waals surface area (Å²) in [5, 5.41) is 5.23. The maximum atomic E-state index is 11.9. The van der Waals surface area contributed by atoms with Crippen LogP contribution in [0, 0.1) is 6.92 Å². The number of hydrogen-bond donors (Lipinski definition) is 2. The van der Waals surface area contributed by atoms with E-state index >= 15 is 0 Å². The number of rotatable bonds is 3. The van der Waals surface area contributed by atoms with Crippen molar-refractivity contribution >= 4 is 34.5 Å². The van der Waals surface area contributed by atoms with E-state index in [2.05, 4.69) is 5.32 Å². The van der Waals surface area contributed by atoms with Gasteiger partial charge >= 0.3 is 0 Å². The van der Waals surface area contributed by atoms with Gasteiger partial charge in [0.1, 0.15) is 4.88 Å². The predicted octanol–water partition coefficient (Wildman–Crippen LogP) is 3.22. The van der Waals surface area contributed by atoms with E-state index in [1.807, 2.05) is 36.6 Å². The van der Waals surface area contributed by atoms with Crippen molar-refractivity contribution < 1.29 is 4.79 Å². The summed E-state index contributed by atoms with van der Waals surface area (Å²) in [6, 6.07) is 7.42. The van der Waals surface area contributed by atoms with E-state index in [1.54, 1.807) is 0 Å². The van der Waals surface area contributed by atoms with Gasteiger partial charge in [0.05, 0.1) is 5.02 Å². The predicted molar refractivity (Wildman–Crippen MR) is 76.1 cm³/mol. The highest BCUT2D eigenvalue weighted by Crippen LogP contribution is 2.26. The molecule has 0 spiro atoms. The molecule has 0 aliphatic heterocycles. The molecule has 94 valence electrons. The fraction of sp³-hybridized carbons (Fsp3) is 0.154. The zero-order valence-corrected chi connectivity index (χ0v) is 11.4. The standard InChI is InChI=1S/C13H13ClN2OS/c1-8-7-18-12(11(8)14)13(17)16-6-9-3-2-4-10(15)5-9/h2-5,7H,6,15H2,1H3,(H,16,17). The number of nitrogens with one attached hydrogen (secondary N) is 1. The van der Waals surface area contributed by atoms with Crippen molar-refractivity contribution in [2.24, 2.45) is 0 Å². The number of carbonyl (C=O) groups excluding carboxylic acids is 1. The van der Waals surface area contributed by atoms with Crippen molar-refractivity contribution in [2.45, 2.75) is 13.5 Å². The molecule has 0 aliphatic rings. The molecule has 2 aromatic rings. The second-order valence-corrected chi connectivity index (χ2v) is 5.25. The summed E-state index contributed by atoms with van der Waals surface area (Å²) in [7, 11) is 0. The van der Waals surface area contributed by atoms with E-state index in [-0.39, 0.29) is 5.91 Å². The first-order valence-electron chi connectivity index (χ1n) is 5.44. The second-order valence-electron chi connectivity index (χ2n) is 3.99. The Balaban J connectivity index is 2.03. The van der Waals surface area contributed by atoms with Crippen LogP contribution in [0.5, 0.6) is 0 Å². The number of hydrogen-bond acceptors (Lipinski definition) is 3. The Kier molecular flexibility index (Phi) is 3.89. The van der Waals surface area contributed by atoms with Gasteiger partial charge < -0.3 is 11.1 Å². The first-order chi connectivity index (χ1) is 8.58. The molecule has 0 fully saturated rings. The van der Waals surface area contributed by atoms with Crippen molar-refractivity contribution in [3.63, 3.8) is 0 Å². The largest absolute Gasteiger partial charge is 0.399 e. The Morgan fingerprint density at radius 3 is 2.89 bits per heavy atom. The van der Waals surface area contributed by atoms with Gasteiger partial charge in [0.25, 0.3) is 5.91 Å². The van der Waals surface area contributed by atoms with Crippen LogP contribution in [0.15, 0.2) is 29.6 Å². The maximum absolute atomic E-state index is 11.9. The molecule has 0 radical (unpaired) electrons. The van der Waals surface area contributed by atoms with Gasteiger partial charge in [-0.3, -0.25) is 4.79 Å². The topological polar surface area (TPSA) is 55.1 Å². The highest BCUT2D eigenvalue weighted by Gasteiger charge is 2.13. The number of thiophene rings is 1. The lowest BCUT2D eigenvalue weighted by Gasteiger charge is -2.05. The third-order valence-electron chi connectivity index (χ3n) is 2.51. The minimum atomic E-state index is -0.152. The Morgan fingerprint density at radius 2 is 2.28 bits per heavy atom. The number of carbonyl (C=O) groups is 1. The molecule has 1 aromatic carbocycles. The molecule has 0 saturated carbocycles. The number of anilines is 1. The summed E-state index contributed by atoms with van der Waals surface area (Å²) in [4.78, 5) is 12.5. The minimum Gasteiger partial charge on any atom is -0.399 e. The van der Waals surface area contributed by atoms with Gasteiger partial charge in [-0.05, 0) is 35.6 Å². The SMILES string of the molecule is Cc1csc(C(=O)NCc2cccc(N)c2)c1Cl. The van der Waals surface area contributed by atoms with Crippen molar-refractivity contribution in [2.75, 3.05) is 5.73 Å². The van der Waals surface area contributed by atoms with Crippen molar-refractivity contribution in [3.8, 4) is 0 Å². The van der Waals surface area contributed by atoms with E-state index in [0.29, 0.717) is 22.1 Å². The second kappa shape index (κ2) is 5.42. The molecule has 3 nitrogen and oxygen atoms in total. The van der Waals surface area contributed by atoms with E-state index in [9.17, 15) is 4.79 Å². The maximum Gasteiger partial charge on any atom is 0.263 e. The van der Waals surface area contributed by atoms with Gasteiger partial charge in [-0.2, -0.15) is 0 Å². The molecule has 0 saturated heterocycles. The van der Waals surface area contributed by atoms with Crippen LogP contribution in [0.3, 0.4) is 0 Å². The molecular weight excluding hydrogens is 268 g/mol. The fourth-order valence-corrected chi connectivity index (χ4v) is 2.74. The molecule has 0 atom stereocenters. The first-order valence-corrected chi connectivity index (χ1v) is 6.70. The molecule has 1 amide bonds. The van der Waals surface area contributed by atoms with Gasteiger partial charge in [0, 0.05) is 12.2 Å². The molecule has 0 unspecified atom stereocenters. The van der Waals surface area contributed by atoms with Gasteiger partial charge in [0.2, 0.25) is 0 Å². The summed E-state index contributed by atoms with van der Waals surface area (Å²) >= 11 is 7.39. The van der Waals surface area contributed by atoms with Crippen LogP contribution in [0.2, 0.25) is 5.02 Å². The first kappa shape index (κ1) is 12.9. The molecule has 3 N–H and O–H groups in total. The minimum absolute atomic E-state index is 0.152. The molecule has 0 bridgehead atoms. The molecule has 1 heterocycles. The van der Waals surface area contributed by atoms with Gasteiger partial charge in [-0.25, -0.2) is 0 Å². The number of nitrogen functional groups attached to an aromatic ring is 1. The normalized spacial score (nSPS) is 10.3. The van der Waals surface area contributed by atoms with Crippen LogP contribution in [-0.2, 0) is 6.54 Å². The van der Waals surface area contributed by atoms with E-state index in [1.165, 1.54) is 11.3 Å². The third kappa shape index (κ3) is 2.83. The smallest absolute Gasteiger partial charge is 0.263 e. The van der Waals surface area contributed by atoms with E-state index in [4.69, 9.17) is 17.3 Å². The highest BCUT2D eigenvalue weighted by molar-refractivity contribution is 7.13. The summed E-state index contributed by atoms with van der Waals surface area (Å²) < 4.78 is 0. The van der Waals surface area contributed by atoms with Crippen molar-refractivity contribution in [3.05, 3.63) is 50.7 Å².